The summed E-state index contributed by atoms with van der Waals surface area (Å²) in [5.74, 6) is 1.21. The smallest absolute Gasteiger partial charge is 0.149 e. The maximum Gasteiger partial charge on any atom is 0.149 e. The lowest BCUT2D eigenvalue weighted by molar-refractivity contribution is 0.379. The third kappa shape index (κ3) is 2.19. The Balaban J connectivity index is 1.96. The van der Waals surface area contributed by atoms with E-state index in [1.807, 2.05) is 17.8 Å². The first-order valence-electron chi connectivity index (χ1n) is 5.46. The van der Waals surface area contributed by atoms with Crippen LogP contribution in [0.4, 0.5) is 17.3 Å². The van der Waals surface area contributed by atoms with Gasteiger partial charge < -0.3 is 16.8 Å². The van der Waals surface area contributed by atoms with Crippen molar-refractivity contribution in [3.8, 4) is 0 Å². The Labute approximate surface area is 100 Å². The lowest BCUT2D eigenvalue weighted by atomic mass is 9.84. The SMILES string of the molecule is CSC1(CNc2ccc(N)c(N)n2)CCC1. The van der Waals surface area contributed by atoms with E-state index in [1.54, 1.807) is 6.07 Å². The van der Waals surface area contributed by atoms with Gasteiger partial charge in [-0.1, -0.05) is 6.42 Å². The Bertz CT molecular complexity index is 371. The van der Waals surface area contributed by atoms with E-state index in [1.165, 1.54) is 19.3 Å². The number of thioether (sulfide) groups is 1. The molecule has 1 aliphatic carbocycles. The Hall–Kier alpha value is -1.10. The maximum atomic E-state index is 5.66. The van der Waals surface area contributed by atoms with Crippen LogP contribution in [0, 0.1) is 0 Å². The highest BCUT2D eigenvalue weighted by atomic mass is 32.2. The third-order valence-corrected chi connectivity index (χ3v) is 4.67. The summed E-state index contributed by atoms with van der Waals surface area (Å²) in [5.41, 5.74) is 11.8. The van der Waals surface area contributed by atoms with Crippen molar-refractivity contribution in [1.29, 1.82) is 0 Å². The molecule has 0 radical (unpaired) electrons. The number of nitrogens with one attached hydrogen (secondary N) is 1. The van der Waals surface area contributed by atoms with Crippen LogP contribution in [0.3, 0.4) is 0 Å². The molecule has 4 nitrogen and oxygen atoms in total. The van der Waals surface area contributed by atoms with Gasteiger partial charge in [0.15, 0.2) is 0 Å². The molecular weight excluding hydrogens is 220 g/mol. The summed E-state index contributed by atoms with van der Waals surface area (Å²) < 4.78 is 0.401. The van der Waals surface area contributed by atoms with Gasteiger partial charge >= 0.3 is 0 Å². The van der Waals surface area contributed by atoms with E-state index in [9.17, 15) is 0 Å². The molecule has 1 heterocycles. The summed E-state index contributed by atoms with van der Waals surface area (Å²) in [6.07, 6.45) is 6.07. The Morgan fingerprint density at radius 3 is 2.69 bits per heavy atom. The summed E-state index contributed by atoms with van der Waals surface area (Å²) >= 11 is 1.94. The number of nitrogens with zero attached hydrogens (tertiary/aromatic N) is 1. The summed E-state index contributed by atoms with van der Waals surface area (Å²) in [6.45, 7) is 0.949. The zero-order valence-electron chi connectivity index (χ0n) is 9.49. The number of nitrogen functional groups attached to an aromatic ring is 2. The molecule has 0 unspecified atom stereocenters. The van der Waals surface area contributed by atoms with Crippen LogP contribution in [0.25, 0.3) is 0 Å². The lowest BCUT2D eigenvalue weighted by Gasteiger charge is -2.40. The third-order valence-electron chi connectivity index (χ3n) is 3.25. The largest absolute Gasteiger partial charge is 0.396 e. The summed E-state index contributed by atoms with van der Waals surface area (Å²) in [4.78, 5) is 4.20. The van der Waals surface area contributed by atoms with Crippen LogP contribution in [0.5, 0.6) is 0 Å². The number of hydrogen-bond acceptors (Lipinski definition) is 5. The molecule has 16 heavy (non-hydrogen) atoms. The van der Waals surface area contributed by atoms with Gasteiger partial charge in [-0.15, -0.1) is 0 Å². The van der Waals surface area contributed by atoms with Crippen LogP contribution in [-0.4, -0.2) is 22.5 Å². The number of pyridine rings is 1. The summed E-state index contributed by atoms with van der Waals surface area (Å²) in [5, 5.41) is 3.34. The average Bonchev–Trinajstić information content (AvgIpc) is 2.22. The minimum absolute atomic E-state index is 0.400. The van der Waals surface area contributed by atoms with Crippen LogP contribution in [0.2, 0.25) is 0 Å². The van der Waals surface area contributed by atoms with E-state index in [0.717, 1.165) is 12.4 Å². The van der Waals surface area contributed by atoms with Gasteiger partial charge in [0.1, 0.15) is 11.6 Å². The molecule has 0 atom stereocenters. The van der Waals surface area contributed by atoms with Crippen molar-refractivity contribution in [2.45, 2.75) is 24.0 Å². The molecule has 0 aromatic carbocycles. The number of hydrogen-bond donors (Lipinski definition) is 3. The Morgan fingerprint density at radius 1 is 1.44 bits per heavy atom. The van der Waals surface area contributed by atoms with Gasteiger partial charge in [0, 0.05) is 11.3 Å². The van der Waals surface area contributed by atoms with Crippen LogP contribution in [0.1, 0.15) is 19.3 Å². The molecule has 5 heteroatoms. The molecule has 2 rings (SSSR count). The summed E-state index contributed by atoms with van der Waals surface area (Å²) in [7, 11) is 0. The molecule has 0 aliphatic heterocycles. The highest BCUT2D eigenvalue weighted by Gasteiger charge is 2.35. The highest BCUT2D eigenvalue weighted by molar-refractivity contribution is 8.00. The van der Waals surface area contributed by atoms with Crippen molar-refractivity contribution >= 4 is 29.1 Å². The number of rotatable bonds is 4. The minimum Gasteiger partial charge on any atom is -0.396 e. The van der Waals surface area contributed by atoms with E-state index >= 15 is 0 Å². The number of aromatic nitrogens is 1. The Kier molecular flexibility index (Phi) is 3.14. The van der Waals surface area contributed by atoms with Gasteiger partial charge in [0.05, 0.1) is 5.69 Å². The van der Waals surface area contributed by atoms with Crippen molar-refractivity contribution in [2.24, 2.45) is 0 Å². The molecule has 0 amide bonds. The molecule has 0 saturated heterocycles. The van der Waals surface area contributed by atoms with E-state index in [0.29, 0.717) is 16.3 Å². The van der Waals surface area contributed by atoms with Gasteiger partial charge in [-0.3, -0.25) is 0 Å². The molecule has 1 saturated carbocycles. The molecule has 0 spiro atoms. The van der Waals surface area contributed by atoms with Crippen molar-refractivity contribution in [1.82, 2.24) is 4.98 Å². The highest BCUT2D eigenvalue weighted by Crippen LogP contribution is 2.42. The van der Waals surface area contributed by atoms with Crippen molar-refractivity contribution in [2.75, 3.05) is 29.6 Å². The number of nitrogens with two attached hydrogens (primary N) is 2. The molecule has 1 aromatic heterocycles. The first-order valence-corrected chi connectivity index (χ1v) is 6.69. The topological polar surface area (TPSA) is 77.0 Å². The van der Waals surface area contributed by atoms with E-state index < -0.39 is 0 Å². The fourth-order valence-electron chi connectivity index (χ4n) is 1.86. The van der Waals surface area contributed by atoms with Crippen LogP contribution in [-0.2, 0) is 0 Å². The lowest BCUT2D eigenvalue weighted by Crippen LogP contribution is -2.40. The first kappa shape index (κ1) is 11.4. The van der Waals surface area contributed by atoms with Gasteiger partial charge in [0.2, 0.25) is 0 Å². The van der Waals surface area contributed by atoms with E-state index in [4.69, 9.17) is 11.5 Å². The normalized spacial score (nSPS) is 17.8. The van der Waals surface area contributed by atoms with Crippen molar-refractivity contribution < 1.29 is 0 Å². The molecule has 88 valence electrons. The zero-order valence-corrected chi connectivity index (χ0v) is 10.3. The van der Waals surface area contributed by atoms with Crippen LogP contribution >= 0.6 is 11.8 Å². The van der Waals surface area contributed by atoms with Gasteiger partial charge in [-0.25, -0.2) is 4.98 Å². The number of anilines is 3. The average molecular weight is 238 g/mol. The molecule has 5 N–H and O–H groups in total. The van der Waals surface area contributed by atoms with Crippen molar-refractivity contribution in [3.05, 3.63) is 12.1 Å². The summed E-state index contributed by atoms with van der Waals surface area (Å²) in [6, 6.07) is 3.66. The second-order valence-corrected chi connectivity index (χ2v) is 5.54. The van der Waals surface area contributed by atoms with Gasteiger partial charge in [-0.2, -0.15) is 11.8 Å². The molecule has 1 fully saturated rings. The molecule has 1 aromatic rings. The van der Waals surface area contributed by atoms with Gasteiger partial charge in [0.25, 0.3) is 0 Å². The van der Waals surface area contributed by atoms with E-state index in [-0.39, 0.29) is 0 Å². The monoisotopic (exact) mass is 238 g/mol. The Morgan fingerprint density at radius 2 is 2.19 bits per heavy atom. The molecule has 0 bridgehead atoms. The first-order chi connectivity index (χ1) is 7.65. The minimum atomic E-state index is 0.400. The van der Waals surface area contributed by atoms with Crippen LogP contribution < -0.4 is 16.8 Å². The predicted octanol–water partition coefficient (Wildman–Crippen LogP) is 1.94. The second kappa shape index (κ2) is 4.41. The van der Waals surface area contributed by atoms with Gasteiger partial charge in [-0.05, 0) is 31.2 Å². The molecule has 1 aliphatic rings. The van der Waals surface area contributed by atoms with Crippen molar-refractivity contribution in [3.63, 3.8) is 0 Å². The van der Waals surface area contributed by atoms with E-state index in [2.05, 4.69) is 16.6 Å². The quantitative estimate of drug-likeness (QED) is 0.747. The maximum absolute atomic E-state index is 5.66. The second-order valence-electron chi connectivity index (χ2n) is 4.27. The molecular formula is C11H18N4S. The standard InChI is InChI=1S/C11H18N4S/c1-16-11(5-2-6-11)7-14-9-4-3-8(12)10(13)15-9/h3-4H,2,5-7,12H2,1H3,(H3,13,14,15). The predicted molar refractivity (Wildman–Crippen MR) is 71.6 cm³/mol. The fourth-order valence-corrected chi connectivity index (χ4v) is 2.77. The zero-order chi connectivity index (χ0) is 11.6. The fraction of sp³-hybridized carbons (Fsp3) is 0.545. The van der Waals surface area contributed by atoms with Crippen LogP contribution in [0.15, 0.2) is 12.1 Å².